The molecule has 29 heavy (non-hydrogen) atoms. The van der Waals surface area contributed by atoms with Gasteiger partial charge in [0.2, 0.25) is 5.91 Å². The molecule has 0 spiro atoms. The highest BCUT2D eigenvalue weighted by atomic mass is 16.5. The third kappa shape index (κ3) is 4.16. The van der Waals surface area contributed by atoms with Gasteiger partial charge in [0, 0.05) is 12.1 Å². The van der Waals surface area contributed by atoms with Crippen LogP contribution in [0.5, 0.6) is 0 Å². The van der Waals surface area contributed by atoms with Gasteiger partial charge >= 0.3 is 5.97 Å². The molecule has 2 N–H and O–H groups in total. The van der Waals surface area contributed by atoms with Crippen molar-refractivity contribution >= 4 is 23.5 Å². The summed E-state index contributed by atoms with van der Waals surface area (Å²) in [7, 11) is 0. The number of hydrogen-bond acceptors (Lipinski definition) is 4. The van der Waals surface area contributed by atoms with Crippen LogP contribution in [0.3, 0.4) is 0 Å². The number of rotatable bonds is 4. The van der Waals surface area contributed by atoms with Crippen LogP contribution in [-0.2, 0) is 27.2 Å². The van der Waals surface area contributed by atoms with E-state index in [-0.39, 0.29) is 17.9 Å². The summed E-state index contributed by atoms with van der Waals surface area (Å²) in [5.74, 6) is -0.871. The molecule has 2 aromatic rings. The Morgan fingerprint density at radius 3 is 2.79 bits per heavy atom. The lowest BCUT2D eigenvalue weighted by molar-refractivity contribution is -0.130. The summed E-state index contributed by atoms with van der Waals surface area (Å²) in [5.41, 5.74) is 4.40. The number of nitrogens with one attached hydrogen (secondary N) is 2. The van der Waals surface area contributed by atoms with Crippen molar-refractivity contribution in [2.24, 2.45) is 0 Å². The maximum atomic E-state index is 12.6. The highest BCUT2D eigenvalue weighted by molar-refractivity contribution is 5.96. The first-order chi connectivity index (χ1) is 14.0. The fourth-order valence-electron chi connectivity index (χ4n) is 3.99. The molecule has 150 valence electrons. The smallest absolute Gasteiger partial charge is 0.338 e. The van der Waals surface area contributed by atoms with Crippen molar-refractivity contribution in [1.82, 2.24) is 5.32 Å². The Bertz CT molecular complexity index is 969. The van der Waals surface area contributed by atoms with Crippen LogP contribution in [0.1, 0.15) is 59.3 Å². The summed E-state index contributed by atoms with van der Waals surface area (Å²) in [6.45, 7) is 1.58. The van der Waals surface area contributed by atoms with Gasteiger partial charge in [-0.15, -0.1) is 0 Å². The molecule has 0 saturated carbocycles. The van der Waals surface area contributed by atoms with Crippen LogP contribution in [-0.4, -0.2) is 23.9 Å². The third-order valence-electron chi connectivity index (χ3n) is 5.58. The van der Waals surface area contributed by atoms with Crippen LogP contribution in [0.2, 0.25) is 0 Å². The maximum Gasteiger partial charge on any atom is 0.338 e. The standard InChI is InChI=1S/C23H24N2O4/c1-14(22(27)25-20-8-4-6-15-5-2-3-7-18(15)20)29-23(28)17-9-11-19-16(13-17)10-12-21(26)24-19/h2-3,5,7,9,11,13-14,20H,4,6,8,10,12H2,1H3,(H,24,26)(H,25,27)/t14-,20+/m1/s1. The van der Waals surface area contributed by atoms with Crippen LogP contribution >= 0.6 is 0 Å². The molecule has 6 heteroatoms. The fourth-order valence-corrected chi connectivity index (χ4v) is 3.99. The van der Waals surface area contributed by atoms with Crippen LogP contribution in [0.15, 0.2) is 42.5 Å². The number of fused-ring (bicyclic) bond motifs is 2. The summed E-state index contributed by atoms with van der Waals surface area (Å²) in [6, 6.07) is 13.1. The highest BCUT2D eigenvalue weighted by Crippen LogP contribution is 2.29. The van der Waals surface area contributed by atoms with E-state index in [1.54, 1.807) is 25.1 Å². The van der Waals surface area contributed by atoms with Gasteiger partial charge in [-0.2, -0.15) is 0 Å². The molecule has 0 radical (unpaired) electrons. The topological polar surface area (TPSA) is 84.5 Å². The molecule has 0 unspecified atom stereocenters. The van der Waals surface area contributed by atoms with Gasteiger partial charge in [0.25, 0.3) is 5.91 Å². The number of carbonyl (C=O) groups excluding carboxylic acids is 3. The molecule has 4 rings (SSSR count). The number of hydrogen-bond donors (Lipinski definition) is 2. The summed E-state index contributed by atoms with van der Waals surface area (Å²) >= 11 is 0. The lowest BCUT2D eigenvalue weighted by Crippen LogP contribution is -2.39. The molecule has 0 bridgehead atoms. The van der Waals surface area contributed by atoms with Crippen molar-refractivity contribution in [1.29, 1.82) is 0 Å². The largest absolute Gasteiger partial charge is 0.449 e. The van der Waals surface area contributed by atoms with E-state index in [9.17, 15) is 14.4 Å². The van der Waals surface area contributed by atoms with Gasteiger partial charge in [0.05, 0.1) is 11.6 Å². The first kappa shape index (κ1) is 19.2. The van der Waals surface area contributed by atoms with Crippen LogP contribution in [0.4, 0.5) is 5.69 Å². The Hall–Kier alpha value is -3.15. The van der Waals surface area contributed by atoms with Gasteiger partial charge in [-0.1, -0.05) is 24.3 Å². The lowest BCUT2D eigenvalue weighted by Gasteiger charge is -2.27. The average Bonchev–Trinajstić information content (AvgIpc) is 2.73. The summed E-state index contributed by atoms with van der Waals surface area (Å²) in [6.07, 6.45) is 2.99. The van der Waals surface area contributed by atoms with Crippen molar-refractivity contribution in [2.75, 3.05) is 5.32 Å². The quantitative estimate of drug-likeness (QED) is 0.782. The van der Waals surface area contributed by atoms with E-state index in [0.717, 1.165) is 36.1 Å². The number of anilines is 1. The van der Waals surface area contributed by atoms with E-state index in [2.05, 4.69) is 16.7 Å². The Morgan fingerprint density at radius 2 is 1.93 bits per heavy atom. The molecule has 6 nitrogen and oxygen atoms in total. The number of amides is 2. The molecule has 2 amide bonds. The molecule has 2 atom stereocenters. The molecule has 1 aliphatic carbocycles. The van der Waals surface area contributed by atoms with Gasteiger partial charge in [0.1, 0.15) is 0 Å². The molecular formula is C23H24N2O4. The van der Waals surface area contributed by atoms with Crippen molar-refractivity contribution in [3.8, 4) is 0 Å². The van der Waals surface area contributed by atoms with E-state index in [0.29, 0.717) is 18.4 Å². The minimum Gasteiger partial charge on any atom is -0.449 e. The van der Waals surface area contributed by atoms with Crippen LogP contribution in [0.25, 0.3) is 0 Å². The molecular weight excluding hydrogens is 368 g/mol. The van der Waals surface area contributed by atoms with E-state index in [1.165, 1.54) is 5.56 Å². The van der Waals surface area contributed by atoms with Crippen molar-refractivity contribution in [2.45, 2.75) is 51.2 Å². The molecule has 0 saturated heterocycles. The van der Waals surface area contributed by atoms with Crippen LogP contribution < -0.4 is 10.6 Å². The maximum absolute atomic E-state index is 12.6. The second-order valence-corrected chi connectivity index (χ2v) is 7.62. The molecule has 0 aromatic heterocycles. The van der Waals surface area contributed by atoms with Gasteiger partial charge in [-0.05, 0) is 67.5 Å². The molecule has 2 aliphatic rings. The van der Waals surface area contributed by atoms with E-state index >= 15 is 0 Å². The molecule has 2 aromatic carbocycles. The number of carbonyl (C=O) groups is 3. The predicted octanol–water partition coefficient (Wildman–Crippen LogP) is 3.31. The van der Waals surface area contributed by atoms with E-state index in [1.807, 2.05) is 18.2 Å². The minimum atomic E-state index is -0.896. The normalized spacial score (nSPS) is 18.7. The molecule has 1 heterocycles. The Kier molecular flexibility index (Phi) is 5.34. The summed E-state index contributed by atoms with van der Waals surface area (Å²) in [4.78, 5) is 36.6. The Balaban J connectivity index is 1.39. The average molecular weight is 392 g/mol. The van der Waals surface area contributed by atoms with Crippen LogP contribution in [0, 0.1) is 0 Å². The predicted molar refractivity (Wildman–Crippen MR) is 109 cm³/mol. The summed E-state index contributed by atoms with van der Waals surface area (Å²) < 4.78 is 5.40. The first-order valence-electron chi connectivity index (χ1n) is 10.0. The highest BCUT2D eigenvalue weighted by Gasteiger charge is 2.26. The zero-order valence-electron chi connectivity index (χ0n) is 16.4. The number of benzene rings is 2. The second kappa shape index (κ2) is 8.07. The monoisotopic (exact) mass is 392 g/mol. The fraction of sp³-hybridized carbons (Fsp3) is 0.348. The van der Waals surface area contributed by atoms with Gasteiger partial charge in [-0.25, -0.2) is 4.79 Å². The second-order valence-electron chi connectivity index (χ2n) is 7.62. The SMILES string of the molecule is C[C@@H](OC(=O)c1ccc2c(c1)CCC(=O)N2)C(=O)N[C@H]1CCCc2ccccc21. The Labute approximate surface area is 169 Å². The van der Waals surface area contributed by atoms with Gasteiger partial charge in [0.15, 0.2) is 6.10 Å². The lowest BCUT2D eigenvalue weighted by atomic mass is 9.87. The molecule has 1 aliphatic heterocycles. The number of ether oxygens (including phenoxy) is 1. The third-order valence-corrected chi connectivity index (χ3v) is 5.58. The first-order valence-corrected chi connectivity index (χ1v) is 10.0. The zero-order chi connectivity index (χ0) is 20.4. The number of esters is 1. The minimum absolute atomic E-state index is 0.0255. The van der Waals surface area contributed by atoms with E-state index in [4.69, 9.17) is 4.74 Å². The van der Waals surface area contributed by atoms with Crippen molar-refractivity contribution in [3.63, 3.8) is 0 Å². The van der Waals surface area contributed by atoms with Crippen molar-refractivity contribution < 1.29 is 19.1 Å². The van der Waals surface area contributed by atoms with Gasteiger partial charge in [-0.3, -0.25) is 9.59 Å². The van der Waals surface area contributed by atoms with E-state index < -0.39 is 12.1 Å². The molecule has 0 fully saturated rings. The Morgan fingerprint density at radius 1 is 1.10 bits per heavy atom. The number of aryl methyl sites for hydroxylation is 2. The van der Waals surface area contributed by atoms with Gasteiger partial charge < -0.3 is 15.4 Å². The summed E-state index contributed by atoms with van der Waals surface area (Å²) in [5, 5.41) is 5.81. The zero-order valence-corrected chi connectivity index (χ0v) is 16.4. The van der Waals surface area contributed by atoms with Crippen molar-refractivity contribution in [3.05, 3.63) is 64.7 Å².